The molecule has 2 unspecified atom stereocenters. The highest BCUT2D eigenvalue weighted by Crippen LogP contribution is 2.24. The molecule has 2 aromatic carbocycles. The van der Waals surface area contributed by atoms with Crippen molar-refractivity contribution in [2.24, 2.45) is 5.73 Å². The number of ether oxygens (including phenoxy) is 2. The van der Waals surface area contributed by atoms with Crippen LogP contribution in [0.3, 0.4) is 0 Å². The quantitative estimate of drug-likeness (QED) is 0.812. The Kier molecular flexibility index (Phi) is 5.96. The molecule has 0 aliphatic carbocycles. The highest BCUT2D eigenvalue weighted by Gasteiger charge is 2.39. The summed E-state index contributed by atoms with van der Waals surface area (Å²) >= 11 is 0. The predicted molar refractivity (Wildman–Crippen MR) is 101 cm³/mol. The lowest BCUT2D eigenvalue weighted by Crippen LogP contribution is -2.43. The number of hydrogen-bond acceptors (Lipinski definition) is 4. The summed E-state index contributed by atoms with van der Waals surface area (Å²) in [6, 6.07) is 16.4. The summed E-state index contributed by atoms with van der Waals surface area (Å²) in [4.78, 5) is 26.1. The van der Waals surface area contributed by atoms with Gasteiger partial charge in [0.25, 0.3) is 0 Å². The Morgan fingerprint density at radius 3 is 2.41 bits per heavy atom. The number of methoxy groups -OCH3 is 1. The Bertz CT molecular complexity index is 777. The molecule has 1 saturated heterocycles. The fraction of sp³-hybridized carbons (Fsp3) is 0.333. The second-order valence-electron chi connectivity index (χ2n) is 6.60. The maximum Gasteiger partial charge on any atom is 0.240 e. The van der Waals surface area contributed by atoms with Gasteiger partial charge >= 0.3 is 0 Å². The third kappa shape index (κ3) is 4.78. The van der Waals surface area contributed by atoms with E-state index >= 15 is 0 Å². The van der Waals surface area contributed by atoms with Gasteiger partial charge in [0, 0.05) is 12.8 Å². The van der Waals surface area contributed by atoms with Gasteiger partial charge in [0.2, 0.25) is 11.8 Å². The summed E-state index contributed by atoms with van der Waals surface area (Å²) in [6.45, 7) is 0.365. The summed E-state index contributed by atoms with van der Waals surface area (Å²) in [5.74, 6) is 0.915. The standard InChI is InChI=1S/C21H24N2O4/c1-26-16-10-7-15(8-11-16)9-12-20(24)23-14-18(13-19(23)21(22)25)27-17-5-3-2-4-6-17/h2-8,10-11,18-19H,9,12-14H2,1H3,(H2,22,25). The molecular formula is C21H24N2O4. The first kappa shape index (κ1) is 18.8. The topological polar surface area (TPSA) is 81.9 Å². The van der Waals surface area contributed by atoms with Gasteiger partial charge in [-0.2, -0.15) is 0 Å². The van der Waals surface area contributed by atoms with Crippen molar-refractivity contribution < 1.29 is 19.1 Å². The van der Waals surface area contributed by atoms with Gasteiger partial charge in [-0.3, -0.25) is 9.59 Å². The molecule has 27 heavy (non-hydrogen) atoms. The molecule has 2 amide bonds. The number of primary amides is 1. The lowest BCUT2D eigenvalue weighted by Gasteiger charge is -2.22. The van der Waals surface area contributed by atoms with Crippen LogP contribution in [0.25, 0.3) is 0 Å². The molecule has 6 heteroatoms. The number of benzene rings is 2. The van der Waals surface area contributed by atoms with E-state index in [2.05, 4.69) is 0 Å². The SMILES string of the molecule is COc1ccc(CCC(=O)N2CC(Oc3ccccc3)CC2C(N)=O)cc1. The molecule has 1 heterocycles. The number of carbonyl (C=O) groups is 2. The smallest absolute Gasteiger partial charge is 0.240 e. The third-order valence-electron chi connectivity index (χ3n) is 4.74. The van der Waals surface area contributed by atoms with Crippen LogP contribution in [0.4, 0.5) is 0 Å². The van der Waals surface area contributed by atoms with Crippen LogP contribution in [-0.2, 0) is 16.0 Å². The second kappa shape index (κ2) is 8.58. The summed E-state index contributed by atoms with van der Waals surface area (Å²) in [5, 5.41) is 0. The number of carbonyl (C=O) groups excluding carboxylic acids is 2. The van der Waals surface area contributed by atoms with E-state index in [1.54, 1.807) is 12.0 Å². The average molecular weight is 368 g/mol. The first-order valence-corrected chi connectivity index (χ1v) is 9.00. The monoisotopic (exact) mass is 368 g/mol. The predicted octanol–water partition coefficient (Wildman–Crippen LogP) is 2.16. The maximum atomic E-state index is 12.7. The van der Waals surface area contributed by atoms with Crippen LogP contribution in [0.5, 0.6) is 11.5 Å². The molecule has 0 spiro atoms. The van der Waals surface area contributed by atoms with Crippen molar-refractivity contribution >= 4 is 11.8 Å². The van der Waals surface area contributed by atoms with Crippen molar-refractivity contribution in [3.8, 4) is 11.5 Å². The number of amides is 2. The van der Waals surface area contributed by atoms with E-state index in [-0.39, 0.29) is 12.0 Å². The number of para-hydroxylation sites is 1. The van der Waals surface area contributed by atoms with Crippen LogP contribution >= 0.6 is 0 Å². The van der Waals surface area contributed by atoms with E-state index in [1.807, 2.05) is 54.6 Å². The molecule has 2 aromatic rings. The van der Waals surface area contributed by atoms with Crippen LogP contribution in [0, 0.1) is 0 Å². The van der Waals surface area contributed by atoms with Gasteiger partial charge in [0.1, 0.15) is 23.6 Å². The van der Waals surface area contributed by atoms with E-state index in [0.29, 0.717) is 25.8 Å². The van der Waals surface area contributed by atoms with Crippen LogP contribution in [0.1, 0.15) is 18.4 Å². The maximum absolute atomic E-state index is 12.7. The van der Waals surface area contributed by atoms with Crippen molar-refractivity contribution in [1.82, 2.24) is 4.90 Å². The number of nitrogens with two attached hydrogens (primary N) is 1. The molecule has 3 rings (SSSR count). The Balaban J connectivity index is 1.60. The largest absolute Gasteiger partial charge is 0.497 e. The Labute approximate surface area is 158 Å². The minimum Gasteiger partial charge on any atom is -0.497 e. The van der Waals surface area contributed by atoms with E-state index in [9.17, 15) is 9.59 Å². The van der Waals surface area contributed by atoms with Crippen LogP contribution in [0.15, 0.2) is 54.6 Å². The lowest BCUT2D eigenvalue weighted by molar-refractivity contribution is -0.137. The fourth-order valence-corrected chi connectivity index (χ4v) is 3.31. The third-order valence-corrected chi connectivity index (χ3v) is 4.74. The molecule has 2 atom stereocenters. The van der Waals surface area contributed by atoms with Gasteiger partial charge in [0.05, 0.1) is 13.7 Å². The zero-order chi connectivity index (χ0) is 19.2. The van der Waals surface area contributed by atoms with Crippen LogP contribution in [0.2, 0.25) is 0 Å². The van der Waals surface area contributed by atoms with E-state index in [0.717, 1.165) is 17.1 Å². The van der Waals surface area contributed by atoms with Gasteiger partial charge in [-0.1, -0.05) is 30.3 Å². The first-order valence-electron chi connectivity index (χ1n) is 9.00. The lowest BCUT2D eigenvalue weighted by atomic mass is 10.1. The highest BCUT2D eigenvalue weighted by atomic mass is 16.5. The van der Waals surface area contributed by atoms with Crippen molar-refractivity contribution in [1.29, 1.82) is 0 Å². The van der Waals surface area contributed by atoms with Crippen LogP contribution in [-0.4, -0.2) is 42.5 Å². The Morgan fingerprint density at radius 2 is 1.78 bits per heavy atom. The molecule has 1 fully saturated rings. The molecule has 2 N–H and O–H groups in total. The van der Waals surface area contributed by atoms with Gasteiger partial charge < -0.3 is 20.1 Å². The van der Waals surface area contributed by atoms with Crippen molar-refractivity contribution in [2.75, 3.05) is 13.7 Å². The molecule has 0 saturated carbocycles. The number of hydrogen-bond donors (Lipinski definition) is 1. The van der Waals surface area contributed by atoms with Gasteiger partial charge in [-0.15, -0.1) is 0 Å². The summed E-state index contributed by atoms with van der Waals surface area (Å²) in [6.07, 6.45) is 1.08. The Hall–Kier alpha value is -3.02. The van der Waals surface area contributed by atoms with Gasteiger partial charge in [-0.25, -0.2) is 0 Å². The molecule has 142 valence electrons. The fourth-order valence-electron chi connectivity index (χ4n) is 3.31. The molecule has 6 nitrogen and oxygen atoms in total. The molecule has 1 aliphatic rings. The average Bonchev–Trinajstić information content (AvgIpc) is 3.11. The number of aryl methyl sites for hydroxylation is 1. The van der Waals surface area contributed by atoms with Crippen molar-refractivity contribution in [3.63, 3.8) is 0 Å². The highest BCUT2D eigenvalue weighted by molar-refractivity contribution is 5.87. The van der Waals surface area contributed by atoms with Gasteiger partial charge in [-0.05, 0) is 36.2 Å². The van der Waals surface area contributed by atoms with Crippen LogP contribution < -0.4 is 15.2 Å². The van der Waals surface area contributed by atoms with E-state index in [4.69, 9.17) is 15.2 Å². The van der Waals surface area contributed by atoms with Crippen molar-refractivity contribution in [2.45, 2.75) is 31.4 Å². The minimum absolute atomic E-state index is 0.0891. The second-order valence-corrected chi connectivity index (χ2v) is 6.60. The molecule has 0 bridgehead atoms. The summed E-state index contributed by atoms with van der Waals surface area (Å²) in [5.41, 5.74) is 6.56. The van der Waals surface area contributed by atoms with E-state index in [1.165, 1.54) is 0 Å². The normalized spacial score (nSPS) is 18.9. The minimum atomic E-state index is -0.623. The van der Waals surface area contributed by atoms with Gasteiger partial charge in [0.15, 0.2) is 0 Å². The Morgan fingerprint density at radius 1 is 1.07 bits per heavy atom. The molecule has 0 radical (unpaired) electrons. The summed E-state index contributed by atoms with van der Waals surface area (Å²) < 4.78 is 11.0. The molecule has 1 aliphatic heterocycles. The number of likely N-dealkylation sites (tertiary alicyclic amines) is 1. The zero-order valence-corrected chi connectivity index (χ0v) is 15.3. The molecular weight excluding hydrogens is 344 g/mol. The van der Waals surface area contributed by atoms with Crippen molar-refractivity contribution in [3.05, 3.63) is 60.2 Å². The first-order chi connectivity index (χ1) is 13.1. The van der Waals surface area contributed by atoms with E-state index < -0.39 is 11.9 Å². The molecule has 0 aromatic heterocycles. The summed E-state index contributed by atoms with van der Waals surface area (Å²) in [7, 11) is 1.61. The zero-order valence-electron chi connectivity index (χ0n) is 15.3. The number of rotatable bonds is 7. The number of nitrogens with zero attached hydrogens (tertiary/aromatic N) is 1.